The average Bonchev–Trinajstić information content (AvgIpc) is 2.99. The maximum Gasteiger partial charge on any atom is 0.409 e. The molecule has 0 aromatic carbocycles. The molecule has 4 nitrogen and oxygen atoms in total. The van der Waals surface area contributed by atoms with Gasteiger partial charge in [0.05, 0.1) is 6.61 Å². The lowest BCUT2D eigenvalue weighted by molar-refractivity contribution is 0.113. The molecule has 0 heterocycles. The molecular weight excluding hydrogens is 244 g/mol. The van der Waals surface area contributed by atoms with E-state index in [1.54, 1.807) is 11.9 Å². The van der Waals surface area contributed by atoms with E-state index in [0.717, 1.165) is 18.4 Å². The van der Waals surface area contributed by atoms with Crippen LogP contribution in [-0.4, -0.2) is 45.3 Å². The number of carbonyl (C=O) groups excluding carboxylic acids is 1. The first kappa shape index (κ1) is 15.5. The third kappa shape index (κ3) is 7.01. The van der Waals surface area contributed by atoms with Gasteiger partial charge in [-0.2, -0.15) is 0 Å². The number of hydrogen-bond acceptors (Lipinski definition) is 3. The van der Waals surface area contributed by atoms with Crippen molar-refractivity contribution in [3.63, 3.8) is 0 Å². The van der Waals surface area contributed by atoms with E-state index in [-0.39, 0.29) is 12.1 Å². The van der Waals surface area contributed by atoms with Crippen LogP contribution in [0.4, 0.5) is 4.79 Å². The molecule has 1 saturated carbocycles. The molecule has 0 radical (unpaired) electrons. The highest BCUT2D eigenvalue weighted by Gasteiger charge is 2.25. The fourth-order valence-electron chi connectivity index (χ4n) is 1.84. The summed E-state index contributed by atoms with van der Waals surface area (Å²) in [5, 5.41) is 0. The van der Waals surface area contributed by atoms with Gasteiger partial charge in [0.25, 0.3) is 0 Å². The van der Waals surface area contributed by atoms with E-state index in [0.29, 0.717) is 13.2 Å². The van der Waals surface area contributed by atoms with Gasteiger partial charge >= 0.3 is 6.09 Å². The van der Waals surface area contributed by atoms with E-state index < -0.39 is 8.07 Å². The van der Waals surface area contributed by atoms with Crippen LogP contribution in [0.3, 0.4) is 0 Å². The Morgan fingerprint density at radius 2 is 2.06 bits per heavy atom. The Balaban J connectivity index is 2.15. The summed E-state index contributed by atoms with van der Waals surface area (Å²) in [6.07, 6.45) is 3.40. The van der Waals surface area contributed by atoms with Crippen LogP contribution in [0, 0.1) is 5.92 Å². The van der Waals surface area contributed by atoms with Crippen molar-refractivity contribution < 1.29 is 9.53 Å². The second-order valence-corrected chi connectivity index (χ2v) is 12.4. The number of rotatable bonds is 7. The molecule has 1 aliphatic rings. The Kier molecular flexibility index (Phi) is 5.66. The maximum absolute atomic E-state index is 11.7. The van der Waals surface area contributed by atoms with Crippen molar-refractivity contribution in [2.24, 2.45) is 11.7 Å². The monoisotopic (exact) mass is 272 g/mol. The third-order valence-corrected chi connectivity index (χ3v) is 4.93. The Labute approximate surface area is 112 Å². The van der Waals surface area contributed by atoms with Crippen LogP contribution >= 0.6 is 0 Å². The Morgan fingerprint density at radius 3 is 2.56 bits per heavy atom. The Morgan fingerprint density at radius 1 is 1.44 bits per heavy atom. The van der Waals surface area contributed by atoms with Crippen molar-refractivity contribution in [3.8, 4) is 0 Å². The lowest BCUT2D eigenvalue weighted by Crippen LogP contribution is -2.39. The molecule has 1 aliphatic carbocycles. The van der Waals surface area contributed by atoms with Crippen molar-refractivity contribution >= 4 is 14.2 Å². The minimum Gasteiger partial charge on any atom is -0.450 e. The zero-order valence-corrected chi connectivity index (χ0v) is 13.2. The molecule has 0 aromatic rings. The first-order valence-electron chi connectivity index (χ1n) is 6.91. The van der Waals surface area contributed by atoms with Gasteiger partial charge in [-0.1, -0.05) is 32.5 Å². The van der Waals surface area contributed by atoms with E-state index in [9.17, 15) is 4.79 Å². The van der Waals surface area contributed by atoms with Crippen LogP contribution in [0.15, 0.2) is 0 Å². The molecule has 106 valence electrons. The zero-order chi connectivity index (χ0) is 13.8. The van der Waals surface area contributed by atoms with Crippen molar-refractivity contribution in [1.82, 2.24) is 4.90 Å². The van der Waals surface area contributed by atoms with Gasteiger partial charge in [-0.05, 0) is 18.4 Å². The zero-order valence-electron chi connectivity index (χ0n) is 12.2. The standard InChI is InChI=1S/C13H28N2O2Si/c1-15(10-12(14)9-11-5-6-11)13(16)17-7-8-18(2,3)4/h11-12H,5-10,14H2,1-4H3/t12-/m0/s1. The van der Waals surface area contributed by atoms with Gasteiger partial charge < -0.3 is 15.4 Å². The predicted molar refractivity (Wildman–Crippen MR) is 77.4 cm³/mol. The highest BCUT2D eigenvalue weighted by Crippen LogP contribution is 2.33. The lowest BCUT2D eigenvalue weighted by Gasteiger charge is -2.22. The Bertz CT molecular complexity index is 275. The SMILES string of the molecule is CN(C[C@@H](N)CC1CC1)C(=O)OCC[Si](C)(C)C. The van der Waals surface area contributed by atoms with Crippen molar-refractivity contribution in [3.05, 3.63) is 0 Å². The van der Waals surface area contributed by atoms with Gasteiger partial charge in [0.1, 0.15) is 0 Å². The van der Waals surface area contributed by atoms with E-state index in [2.05, 4.69) is 19.6 Å². The van der Waals surface area contributed by atoms with Gasteiger partial charge in [-0.3, -0.25) is 0 Å². The molecule has 1 amide bonds. The fourth-order valence-corrected chi connectivity index (χ4v) is 2.55. The molecule has 1 rings (SSSR count). The summed E-state index contributed by atoms with van der Waals surface area (Å²) in [6, 6.07) is 1.10. The summed E-state index contributed by atoms with van der Waals surface area (Å²) >= 11 is 0. The lowest BCUT2D eigenvalue weighted by atomic mass is 10.1. The molecule has 2 N–H and O–H groups in total. The van der Waals surface area contributed by atoms with Crippen LogP contribution in [0.2, 0.25) is 25.7 Å². The van der Waals surface area contributed by atoms with Crippen LogP contribution in [-0.2, 0) is 4.74 Å². The number of nitrogens with two attached hydrogens (primary N) is 1. The number of carbonyl (C=O) groups is 1. The summed E-state index contributed by atoms with van der Waals surface area (Å²) in [4.78, 5) is 13.3. The molecule has 18 heavy (non-hydrogen) atoms. The van der Waals surface area contributed by atoms with Crippen molar-refractivity contribution in [2.45, 2.75) is 51.0 Å². The fraction of sp³-hybridized carbons (Fsp3) is 0.923. The second-order valence-electron chi connectivity index (χ2n) is 6.74. The summed E-state index contributed by atoms with van der Waals surface area (Å²) in [7, 11) is 0.643. The van der Waals surface area contributed by atoms with E-state index in [4.69, 9.17) is 10.5 Å². The minimum absolute atomic E-state index is 0.0899. The van der Waals surface area contributed by atoms with Gasteiger partial charge in [0.15, 0.2) is 0 Å². The predicted octanol–water partition coefficient (Wildman–Crippen LogP) is 2.52. The average molecular weight is 272 g/mol. The topological polar surface area (TPSA) is 55.6 Å². The highest BCUT2D eigenvalue weighted by molar-refractivity contribution is 6.76. The number of likely N-dealkylation sites (N-methyl/N-ethyl adjacent to an activating group) is 1. The van der Waals surface area contributed by atoms with Crippen LogP contribution in [0.5, 0.6) is 0 Å². The van der Waals surface area contributed by atoms with Crippen molar-refractivity contribution in [1.29, 1.82) is 0 Å². The van der Waals surface area contributed by atoms with E-state index in [1.165, 1.54) is 12.8 Å². The summed E-state index contributed by atoms with van der Waals surface area (Å²) in [5.41, 5.74) is 6.01. The molecule has 0 aromatic heterocycles. The number of nitrogens with zero attached hydrogens (tertiary/aromatic N) is 1. The minimum atomic E-state index is -1.12. The quantitative estimate of drug-likeness (QED) is 0.725. The van der Waals surface area contributed by atoms with E-state index in [1.807, 2.05) is 0 Å². The molecule has 0 bridgehead atoms. The summed E-state index contributed by atoms with van der Waals surface area (Å²) in [6.45, 7) is 7.96. The van der Waals surface area contributed by atoms with Gasteiger partial charge in [0, 0.05) is 27.7 Å². The molecule has 0 saturated heterocycles. The third-order valence-electron chi connectivity index (χ3n) is 3.23. The molecule has 1 atom stereocenters. The number of ether oxygens (including phenoxy) is 1. The first-order valence-corrected chi connectivity index (χ1v) is 10.6. The Hall–Kier alpha value is -0.553. The smallest absolute Gasteiger partial charge is 0.409 e. The number of amides is 1. The number of hydrogen-bond donors (Lipinski definition) is 1. The normalized spacial score (nSPS) is 17.4. The summed E-state index contributed by atoms with van der Waals surface area (Å²) in [5.74, 6) is 0.802. The maximum atomic E-state index is 11.7. The first-order chi connectivity index (χ1) is 8.28. The molecular formula is C13H28N2O2Si. The highest BCUT2D eigenvalue weighted by atomic mass is 28.3. The van der Waals surface area contributed by atoms with Crippen LogP contribution < -0.4 is 5.73 Å². The second kappa shape index (κ2) is 6.57. The van der Waals surface area contributed by atoms with E-state index >= 15 is 0 Å². The van der Waals surface area contributed by atoms with Crippen molar-refractivity contribution in [2.75, 3.05) is 20.2 Å². The largest absolute Gasteiger partial charge is 0.450 e. The van der Waals surface area contributed by atoms with Gasteiger partial charge in [0.2, 0.25) is 0 Å². The molecule has 0 unspecified atom stereocenters. The molecule has 0 aliphatic heterocycles. The van der Waals surface area contributed by atoms with Crippen LogP contribution in [0.1, 0.15) is 19.3 Å². The summed E-state index contributed by atoms with van der Waals surface area (Å²) < 4.78 is 5.27. The van der Waals surface area contributed by atoms with Crippen LogP contribution in [0.25, 0.3) is 0 Å². The molecule has 5 heteroatoms. The molecule has 1 fully saturated rings. The van der Waals surface area contributed by atoms with Gasteiger partial charge in [-0.25, -0.2) is 4.79 Å². The van der Waals surface area contributed by atoms with Gasteiger partial charge in [-0.15, -0.1) is 0 Å². The molecule has 0 spiro atoms.